The Kier molecular flexibility index (Phi) is 5.68. The second-order valence-corrected chi connectivity index (χ2v) is 6.56. The monoisotopic (exact) mass is 271 g/mol. The highest BCUT2D eigenvalue weighted by molar-refractivity contribution is 7.86. The van der Waals surface area contributed by atoms with Gasteiger partial charge in [-0.3, -0.25) is 0 Å². The standard InChI is InChI=1S/C9H21N3O2S.ClH/c1-7(2)11(4)15(13,14)12-5-8(3)9(10)6-12;/h7-9H,5-6,10H2,1-4H3;1H. The van der Waals surface area contributed by atoms with Gasteiger partial charge in [0.1, 0.15) is 0 Å². The van der Waals surface area contributed by atoms with Crippen molar-refractivity contribution < 1.29 is 8.42 Å². The molecule has 1 aliphatic heterocycles. The van der Waals surface area contributed by atoms with Crippen molar-refractivity contribution in [2.45, 2.75) is 32.9 Å². The first-order valence-corrected chi connectivity index (χ1v) is 6.65. The van der Waals surface area contributed by atoms with Crippen LogP contribution < -0.4 is 5.73 Å². The SMILES string of the molecule is CC1CN(S(=O)(=O)N(C)C(C)C)CC1N.Cl. The summed E-state index contributed by atoms with van der Waals surface area (Å²) in [5.41, 5.74) is 5.82. The highest BCUT2D eigenvalue weighted by atomic mass is 35.5. The lowest BCUT2D eigenvalue weighted by Gasteiger charge is -2.26. The lowest BCUT2D eigenvalue weighted by Crippen LogP contribution is -2.44. The van der Waals surface area contributed by atoms with E-state index in [0.717, 1.165) is 0 Å². The Hall–Kier alpha value is 0.120. The second kappa shape index (κ2) is 5.64. The van der Waals surface area contributed by atoms with E-state index in [0.29, 0.717) is 13.1 Å². The summed E-state index contributed by atoms with van der Waals surface area (Å²) in [6, 6.07) is -0.0672. The van der Waals surface area contributed by atoms with E-state index >= 15 is 0 Å². The van der Waals surface area contributed by atoms with E-state index < -0.39 is 10.2 Å². The molecule has 1 aliphatic rings. The molecule has 2 unspecified atom stereocenters. The van der Waals surface area contributed by atoms with E-state index in [9.17, 15) is 8.42 Å². The Labute approximate surface area is 105 Å². The van der Waals surface area contributed by atoms with Crippen LogP contribution in [0.4, 0.5) is 0 Å². The van der Waals surface area contributed by atoms with Crippen LogP contribution in [-0.4, -0.2) is 49.2 Å². The van der Waals surface area contributed by atoms with Gasteiger partial charge >= 0.3 is 0 Å². The second-order valence-electron chi connectivity index (χ2n) is 4.58. The van der Waals surface area contributed by atoms with E-state index in [1.807, 2.05) is 20.8 Å². The molecule has 2 atom stereocenters. The molecular weight excluding hydrogens is 250 g/mol. The number of nitrogens with two attached hydrogens (primary N) is 1. The van der Waals surface area contributed by atoms with Gasteiger partial charge in [-0.1, -0.05) is 6.92 Å². The zero-order valence-corrected chi connectivity index (χ0v) is 11.9. The molecule has 5 nitrogen and oxygen atoms in total. The van der Waals surface area contributed by atoms with E-state index in [4.69, 9.17) is 5.73 Å². The minimum Gasteiger partial charge on any atom is -0.326 e. The lowest BCUT2D eigenvalue weighted by atomic mass is 10.1. The molecule has 0 spiro atoms. The van der Waals surface area contributed by atoms with Crippen LogP contribution in [0.5, 0.6) is 0 Å². The van der Waals surface area contributed by atoms with Gasteiger partial charge in [0, 0.05) is 32.2 Å². The first-order chi connectivity index (χ1) is 6.76. The van der Waals surface area contributed by atoms with Gasteiger partial charge in [-0.15, -0.1) is 12.4 Å². The molecule has 1 saturated heterocycles. The van der Waals surface area contributed by atoms with Gasteiger partial charge in [-0.05, 0) is 19.8 Å². The highest BCUT2D eigenvalue weighted by Gasteiger charge is 2.37. The van der Waals surface area contributed by atoms with Crippen LogP contribution in [0, 0.1) is 5.92 Å². The van der Waals surface area contributed by atoms with Gasteiger partial charge in [0.05, 0.1) is 0 Å². The number of rotatable bonds is 3. The molecule has 0 aromatic carbocycles. The average molecular weight is 272 g/mol. The summed E-state index contributed by atoms with van der Waals surface area (Å²) < 4.78 is 27.0. The van der Waals surface area contributed by atoms with Crippen molar-refractivity contribution in [2.75, 3.05) is 20.1 Å². The van der Waals surface area contributed by atoms with Crippen LogP contribution in [0.3, 0.4) is 0 Å². The molecule has 16 heavy (non-hydrogen) atoms. The third-order valence-corrected chi connectivity index (χ3v) is 5.15. The Morgan fingerprint density at radius 1 is 1.38 bits per heavy atom. The zero-order chi connectivity index (χ0) is 11.8. The maximum Gasteiger partial charge on any atom is 0.282 e. The maximum atomic E-state index is 12.1. The highest BCUT2D eigenvalue weighted by Crippen LogP contribution is 2.20. The molecule has 1 fully saturated rings. The Balaban J connectivity index is 0.00000225. The van der Waals surface area contributed by atoms with Crippen LogP contribution in [-0.2, 0) is 10.2 Å². The summed E-state index contributed by atoms with van der Waals surface area (Å²) in [4.78, 5) is 0. The quantitative estimate of drug-likeness (QED) is 0.801. The number of hydrogen-bond acceptors (Lipinski definition) is 3. The minimum atomic E-state index is -3.32. The molecule has 98 valence electrons. The van der Waals surface area contributed by atoms with E-state index in [2.05, 4.69) is 0 Å². The molecule has 7 heteroatoms. The van der Waals surface area contributed by atoms with E-state index in [-0.39, 0.29) is 30.4 Å². The Morgan fingerprint density at radius 2 is 1.88 bits per heavy atom. The maximum absolute atomic E-state index is 12.1. The Morgan fingerprint density at radius 3 is 2.19 bits per heavy atom. The lowest BCUT2D eigenvalue weighted by molar-refractivity contribution is 0.355. The molecular formula is C9H22ClN3O2S. The largest absolute Gasteiger partial charge is 0.326 e. The summed E-state index contributed by atoms with van der Waals surface area (Å²) in [5, 5.41) is 0. The third-order valence-electron chi connectivity index (χ3n) is 3.05. The van der Waals surface area contributed by atoms with Crippen molar-refractivity contribution in [2.24, 2.45) is 11.7 Å². The fraction of sp³-hybridized carbons (Fsp3) is 1.00. The molecule has 0 saturated carbocycles. The van der Waals surface area contributed by atoms with Gasteiger partial charge in [0.2, 0.25) is 0 Å². The number of nitrogens with zero attached hydrogens (tertiary/aromatic N) is 2. The van der Waals surface area contributed by atoms with Crippen LogP contribution in [0.15, 0.2) is 0 Å². The van der Waals surface area contributed by atoms with Crippen molar-refractivity contribution in [1.29, 1.82) is 0 Å². The first kappa shape index (κ1) is 16.1. The van der Waals surface area contributed by atoms with Gasteiger partial charge in [0.15, 0.2) is 0 Å². The molecule has 0 aromatic rings. The topological polar surface area (TPSA) is 66.6 Å². The van der Waals surface area contributed by atoms with Crippen LogP contribution in [0.2, 0.25) is 0 Å². The molecule has 0 amide bonds. The molecule has 0 aliphatic carbocycles. The smallest absolute Gasteiger partial charge is 0.282 e. The molecule has 0 radical (unpaired) electrons. The van der Waals surface area contributed by atoms with Gasteiger partial charge in [-0.2, -0.15) is 17.0 Å². The fourth-order valence-electron chi connectivity index (χ4n) is 1.58. The average Bonchev–Trinajstić information content (AvgIpc) is 2.46. The summed E-state index contributed by atoms with van der Waals surface area (Å²) in [5.74, 6) is 0.236. The van der Waals surface area contributed by atoms with Crippen molar-refractivity contribution in [3.8, 4) is 0 Å². The summed E-state index contributed by atoms with van der Waals surface area (Å²) in [6.07, 6.45) is 0. The minimum absolute atomic E-state index is 0. The van der Waals surface area contributed by atoms with Crippen molar-refractivity contribution in [3.05, 3.63) is 0 Å². The third kappa shape index (κ3) is 3.07. The van der Waals surface area contributed by atoms with Crippen LogP contribution >= 0.6 is 12.4 Å². The van der Waals surface area contributed by atoms with Crippen molar-refractivity contribution in [3.63, 3.8) is 0 Å². The summed E-state index contributed by atoms with van der Waals surface area (Å²) in [6.45, 7) is 6.66. The molecule has 0 bridgehead atoms. The van der Waals surface area contributed by atoms with E-state index in [1.54, 1.807) is 7.05 Å². The molecule has 1 heterocycles. The van der Waals surface area contributed by atoms with Gasteiger partial charge < -0.3 is 5.73 Å². The van der Waals surface area contributed by atoms with Gasteiger partial charge in [-0.25, -0.2) is 0 Å². The van der Waals surface area contributed by atoms with E-state index in [1.165, 1.54) is 8.61 Å². The zero-order valence-electron chi connectivity index (χ0n) is 10.3. The molecule has 1 rings (SSSR count). The first-order valence-electron chi connectivity index (χ1n) is 5.25. The molecule has 0 aromatic heterocycles. The van der Waals surface area contributed by atoms with Gasteiger partial charge in [0.25, 0.3) is 10.2 Å². The number of hydrogen-bond donors (Lipinski definition) is 1. The normalized spacial score (nSPS) is 27.4. The summed E-state index contributed by atoms with van der Waals surface area (Å²) >= 11 is 0. The Bertz CT molecular complexity index is 311. The van der Waals surface area contributed by atoms with Crippen molar-refractivity contribution in [1.82, 2.24) is 8.61 Å². The van der Waals surface area contributed by atoms with Crippen LogP contribution in [0.1, 0.15) is 20.8 Å². The van der Waals surface area contributed by atoms with Crippen molar-refractivity contribution >= 4 is 22.6 Å². The predicted octanol–water partition coefficient (Wildman–Crippen LogP) is 0.272. The van der Waals surface area contributed by atoms with Crippen LogP contribution in [0.25, 0.3) is 0 Å². The molecule has 2 N–H and O–H groups in total. The summed E-state index contributed by atoms with van der Waals surface area (Å²) in [7, 11) is -1.71. The predicted molar refractivity (Wildman–Crippen MR) is 67.8 cm³/mol. The fourth-order valence-corrected chi connectivity index (χ4v) is 3.26. The number of halogens is 1.